The van der Waals surface area contributed by atoms with Gasteiger partial charge in [0.15, 0.2) is 6.67 Å². The molecule has 0 spiro atoms. The van der Waals surface area contributed by atoms with Crippen molar-refractivity contribution in [1.82, 2.24) is 9.21 Å². The normalized spacial score (nSPS) is 17.8. The molecule has 1 saturated heterocycles. The fourth-order valence-corrected chi connectivity index (χ4v) is 4.65. The van der Waals surface area contributed by atoms with Gasteiger partial charge in [0.2, 0.25) is 21.8 Å². The van der Waals surface area contributed by atoms with Crippen LogP contribution in [0.15, 0.2) is 30.3 Å². The van der Waals surface area contributed by atoms with E-state index in [1.807, 2.05) is 0 Å². The van der Waals surface area contributed by atoms with Crippen LogP contribution in [0.3, 0.4) is 0 Å². The predicted molar refractivity (Wildman–Crippen MR) is 90.7 cm³/mol. The van der Waals surface area contributed by atoms with Gasteiger partial charge in [-0.3, -0.25) is 19.3 Å². The third-order valence-electron chi connectivity index (χ3n) is 4.03. The van der Waals surface area contributed by atoms with E-state index in [0.717, 1.165) is 4.31 Å². The van der Waals surface area contributed by atoms with Crippen LogP contribution in [-0.2, 0) is 30.2 Å². The third kappa shape index (κ3) is 4.64. The third-order valence-corrected chi connectivity index (χ3v) is 5.88. The molecule has 0 aromatic heterocycles. The van der Waals surface area contributed by atoms with Gasteiger partial charge in [0.1, 0.15) is 12.6 Å². The molecule has 26 heavy (non-hydrogen) atoms. The number of carbonyl (C=O) groups is 3. The number of carbonyl (C=O) groups excluding carboxylic acids is 3. The van der Waals surface area contributed by atoms with Gasteiger partial charge in [-0.25, -0.2) is 12.8 Å². The number of sulfonamides is 1. The minimum Gasteiger partial charge on any atom is -0.368 e. The van der Waals surface area contributed by atoms with Crippen molar-refractivity contribution in [2.75, 3.05) is 19.8 Å². The molecule has 1 heterocycles. The molecule has 142 valence electrons. The summed E-state index contributed by atoms with van der Waals surface area (Å²) in [6, 6.07) is 7.30. The first kappa shape index (κ1) is 20.0. The van der Waals surface area contributed by atoms with Crippen molar-refractivity contribution in [3.63, 3.8) is 0 Å². The molecule has 1 aliphatic rings. The van der Waals surface area contributed by atoms with Crippen LogP contribution in [0.25, 0.3) is 0 Å². The number of imide groups is 1. The maximum Gasteiger partial charge on any atom is 0.261 e. The lowest BCUT2D eigenvalue weighted by Crippen LogP contribution is -2.52. The fraction of sp³-hybridized carbons (Fsp3) is 0.438. The Labute approximate surface area is 150 Å². The average molecular weight is 385 g/mol. The molecule has 0 unspecified atom stereocenters. The maximum absolute atomic E-state index is 12.7. The zero-order valence-corrected chi connectivity index (χ0v) is 14.8. The highest BCUT2D eigenvalue weighted by atomic mass is 32.2. The number of rotatable bonds is 7. The van der Waals surface area contributed by atoms with E-state index in [2.05, 4.69) is 0 Å². The van der Waals surface area contributed by atoms with Crippen LogP contribution in [0.4, 0.5) is 4.39 Å². The standard InChI is InChI=1S/C16H20FN3O5S/c17-9-15(22)19(10-14(18)21)16(23)13-7-4-8-20(13)26(24,25)11-12-5-2-1-3-6-12/h1-3,5-6,13H,4,7-11H2,(H2,18,21)/t13-/m0/s1. The summed E-state index contributed by atoms with van der Waals surface area (Å²) >= 11 is 0. The highest BCUT2D eigenvalue weighted by Crippen LogP contribution is 2.25. The molecular weight excluding hydrogens is 365 g/mol. The molecule has 0 saturated carbocycles. The second kappa shape index (κ2) is 8.37. The van der Waals surface area contributed by atoms with Gasteiger partial charge in [0.05, 0.1) is 5.75 Å². The van der Waals surface area contributed by atoms with Gasteiger partial charge in [-0.05, 0) is 18.4 Å². The zero-order chi connectivity index (χ0) is 19.3. The smallest absolute Gasteiger partial charge is 0.261 e. The van der Waals surface area contributed by atoms with Gasteiger partial charge in [0.25, 0.3) is 5.91 Å². The molecule has 1 fully saturated rings. The summed E-state index contributed by atoms with van der Waals surface area (Å²) in [4.78, 5) is 35.7. The van der Waals surface area contributed by atoms with Gasteiger partial charge in [-0.2, -0.15) is 4.31 Å². The lowest BCUT2D eigenvalue weighted by Gasteiger charge is -2.27. The van der Waals surface area contributed by atoms with E-state index in [1.165, 1.54) is 0 Å². The van der Waals surface area contributed by atoms with Crippen LogP contribution >= 0.6 is 0 Å². The predicted octanol–water partition coefficient (Wildman–Crippen LogP) is -0.209. The SMILES string of the molecule is NC(=O)CN(C(=O)CF)C(=O)[C@@H]1CCCN1S(=O)(=O)Cc1ccccc1. The molecule has 1 aromatic carbocycles. The van der Waals surface area contributed by atoms with Crippen molar-refractivity contribution in [1.29, 1.82) is 0 Å². The van der Waals surface area contributed by atoms with Gasteiger partial charge < -0.3 is 5.73 Å². The van der Waals surface area contributed by atoms with Crippen LogP contribution in [0, 0.1) is 0 Å². The summed E-state index contributed by atoms with van der Waals surface area (Å²) < 4.78 is 39.2. The highest BCUT2D eigenvalue weighted by molar-refractivity contribution is 7.88. The van der Waals surface area contributed by atoms with Crippen molar-refractivity contribution in [3.8, 4) is 0 Å². The van der Waals surface area contributed by atoms with E-state index < -0.39 is 47.0 Å². The Hall–Kier alpha value is -2.33. The van der Waals surface area contributed by atoms with E-state index in [4.69, 9.17) is 5.73 Å². The van der Waals surface area contributed by atoms with Crippen LogP contribution in [0.1, 0.15) is 18.4 Å². The molecule has 0 radical (unpaired) electrons. The van der Waals surface area contributed by atoms with Crippen molar-refractivity contribution in [2.45, 2.75) is 24.6 Å². The zero-order valence-electron chi connectivity index (χ0n) is 14.0. The number of hydrogen-bond donors (Lipinski definition) is 1. The number of amides is 3. The highest BCUT2D eigenvalue weighted by Gasteiger charge is 2.42. The summed E-state index contributed by atoms with van der Waals surface area (Å²) in [5, 5.41) is 0. The number of nitrogens with two attached hydrogens (primary N) is 1. The van der Waals surface area contributed by atoms with Crippen molar-refractivity contribution in [3.05, 3.63) is 35.9 Å². The molecule has 3 amide bonds. The second-order valence-electron chi connectivity index (χ2n) is 5.93. The number of hydrogen-bond acceptors (Lipinski definition) is 5. The van der Waals surface area contributed by atoms with Gasteiger partial charge in [-0.15, -0.1) is 0 Å². The summed E-state index contributed by atoms with van der Waals surface area (Å²) in [7, 11) is -3.84. The average Bonchev–Trinajstić information content (AvgIpc) is 3.09. The molecule has 0 bridgehead atoms. The number of alkyl halides is 1. The molecule has 1 aliphatic heterocycles. The first-order valence-electron chi connectivity index (χ1n) is 7.98. The Morgan fingerprint density at radius 1 is 1.23 bits per heavy atom. The van der Waals surface area contributed by atoms with E-state index in [0.29, 0.717) is 16.9 Å². The van der Waals surface area contributed by atoms with Crippen molar-refractivity contribution in [2.24, 2.45) is 5.73 Å². The molecule has 10 heteroatoms. The number of halogens is 1. The summed E-state index contributed by atoms with van der Waals surface area (Å²) in [6.07, 6.45) is 0.598. The van der Waals surface area contributed by atoms with Crippen LogP contribution < -0.4 is 5.73 Å². The molecule has 1 atom stereocenters. The fourth-order valence-electron chi connectivity index (χ4n) is 2.88. The molecule has 8 nitrogen and oxygen atoms in total. The lowest BCUT2D eigenvalue weighted by molar-refractivity contribution is -0.149. The molecule has 2 N–H and O–H groups in total. The summed E-state index contributed by atoms with van der Waals surface area (Å²) in [5.41, 5.74) is 5.56. The maximum atomic E-state index is 12.7. The molecule has 2 rings (SSSR count). The van der Waals surface area contributed by atoms with Crippen LogP contribution in [-0.4, -0.2) is 61.2 Å². The Morgan fingerprint density at radius 2 is 1.88 bits per heavy atom. The summed E-state index contributed by atoms with van der Waals surface area (Å²) in [5.74, 6) is -3.44. The first-order chi connectivity index (χ1) is 12.3. The minimum atomic E-state index is -3.84. The summed E-state index contributed by atoms with van der Waals surface area (Å²) in [6.45, 7) is -2.16. The van der Waals surface area contributed by atoms with Crippen molar-refractivity contribution < 1.29 is 27.2 Å². The Balaban J connectivity index is 2.23. The Bertz CT molecular complexity index is 784. The van der Waals surface area contributed by atoms with Gasteiger partial charge in [0, 0.05) is 6.54 Å². The van der Waals surface area contributed by atoms with Crippen LogP contribution in [0.2, 0.25) is 0 Å². The molecular formula is C16H20FN3O5S. The Kier molecular flexibility index (Phi) is 6.43. The second-order valence-corrected chi connectivity index (χ2v) is 7.85. The van der Waals surface area contributed by atoms with Gasteiger partial charge >= 0.3 is 0 Å². The van der Waals surface area contributed by atoms with E-state index in [9.17, 15) is 27.2 Å². The Morgan fingerprint density at radius 3 is 2.46 bits per heavy atom. The van der Waals surface area contributed by atoms with E-state index in [1.54, 1.807) is 30.3 Å². The van der Waals surface area contributed by atoms with E-state index >= 15 is 0 Å². The minimum absolute atomic E-state index is 0.111. The lowest BCUT2D eigenvalue weighted by atomic mass is 10.2. The van der Waals surface area contributed by atoms with Gasteiger partial charge in [-0.1, -0.05) is 30.3 Å². The largest absolute Gasteiger partial charge is 0.368 e. The number of benzene rings is 1. The molecule has 1 aromatic rings. The van der Waals surface area contributed by atoms with Crippen LogP contribution in [0.5, 0.6) is 0 Å². The van der Waals surface area contributed by atoms with Crippen molar-refractivity contribution >= 4 is 27.7 Å². The number of nitrogens with zero attached hydrogens (tertiary/aromatic N) is 2. The quantitative estimate of drug-likeness (QED) is 0.697. The first-order valence-corrected chi connectivity index (χ1v) is 9.59. The monoisotopic (exact) mass is 385 g/mol. The topological polar surface area (TPSA) is 118 Å². The van der Waals surface area contributed by atoms with E-state index in [-0.39, 0.29) is 18.7 Å². The number of primary amides is 1. The molecule has 0 aliphatic carbocycles.